The summed E-state index contributed by atoms with van der Waals surface area (Å²) in [5.74, 6) is 0.00770. The summed E-state index contributed by atoms with van der Waals surface area (Å²) in [5.41, 5.74) is 2.66. The molecule has 0 bridgehead atoms. The van der Waals surface area contributed by atoms with Crippen molar-refractivity contribution in [2.24, 2.45) is 0 Å². The first-order chi connectivity index (χ1) is 7.10. The Hall–Kier alpha value is -1.57. The van der Waals surface area contributed by atoms with Crippen LogP contribution in [0, 0.1) is 0 Å². The lowest BCUT2D eigenvalue weighted by atomic mass is 9.95. The van der Waals surface area contributed by atoms with Crippen molar-refractivity contribution in [2.75, 3.05) is 7.11 Å². The second kappa shape index (κ2) is 4.78. The van der Waals surface area contributed by atoms with Crippen LogP contribution in [0.15, 0.2) is 24.8 Å². The van der Waals surface area contributed by atoms with Gasteiger partial charge < -0.3 is 4.74 Å². The van der Waals surface area contributed by atoms with Crippen LogP contribution in [0.2, 0.25) is 0 Å². The SMILES string of the molecule is C=Cc1ccc(C(=O)OC)c(C(C)C)c1. The molecular weight excluding hydrogens is 188 g/mol. The highest BCUT2D eigenvalue weighted by atomic mass is 16.5. The molecule has 0 amide bonds. The van der Waals surface area contributed by atoms with Gasteiger partial charge in [0, 0.05) is 0 Å². The van der Waals surface area contributed by atoms with E-state index in [4.69, 9.17) is 4.74 Å². The summed E-state index contributed by atoms with van der Waals surface area (Å²) < 4.78 is 4.74. The Morgan fingerprint density at radius 2 is 2.13 bits per heavy atom. The zero-order chi connectivity index (χ0) is 11.4. The van der Waals surface area contributed by atoms with Crippen LogP contribution in [0.1, 0.15) is 41.3 Å². The minimum Gasteiger partial charge on any atom is -0.465 e. The molecule has 0 fully saturated rings. The van der Waals surface area contributed by atoms with E-state index in [0.29, 0.717) is 11.5 Å². The highest BCUT2D eigenvalue weighted by Crippen LogP contribution is 2.22. The lowest BCUT2D eigenvalue weighted by Crippen LogP contribution is -2.07. The molecule has 1 aromatic rings. The highest BCUT2D eigenvalue weighted by molar-refractivity contribution is 5.91. The molecule has 0 radical (unpaired) electrons. The Morgan fingerprint density at radius 1 is 1.47 bits per heavy atom. The molecule has 0 atom stereocenters. The van der Waals surface area contributed by atoms with Gasteiger partial charge in [-0.1, -0.05) is 38.6 Å². The smallest absolute Gasteiger partial charge is 0.338 e. The molecule has 0 heterocycles. The average Bonchev–Trinajstić information content (AvgIpc) is 2.27. The van der Waals surface area contributed by atoms with E-state index in [1.807, 2.05) is 12.1 Å². The monoisotopic (exact) mass is 204 g/mol. The first-order valence-corrected chi connectivity index (χ1v) is 4.94. The molecule has 0 unspecified atom stereocenters. The predicted molar refractivity (Wildman–Crippen MR) is 62.0 cm³/mol. The zero-order valence-corrected chi connectivity index (χ0v) is 9.41. The van der Waals surface area contributed by atoms with Crippen molar-refractivity contribution in [1.82, 2.24) is 0 Å². The first kappa shape index (κ1) is 11.5. The maximum atomic E-state index is 11.5. The fourth-order valence-corrected chi connectivity index (χ4v) is 1.48. The highest BCUT2D eigenvalue weighted by Gasteiger charge is 2.13. The molecule has 0 aliphatic heterocycles. The van der Waals surface area contributed by atoms with Crippen molar-refractivity contribution in [3.8, 4) is 0 Å². The predicted octanol–water partition coefficient (Wildman–Crippen LogP) is 3.24. The summed E-state index contributed by atoms with van der Waals surface area (Å²) >= 11 is 0. The molecule has 0 aliphatic rings. The largest absolute Gasteiger partial charge is 0.465 e. The van der Waals surface area contributed by atoms with Gasteiger partial charge >= 0.3 is 5.97 Å². The van der Waals surface area contributed by atoms with Crippen molar-refractivity contribution in [3.63, 3.8) is 0 Å². The number of carbonyl (C=O) groups is 1. The molecule has 0 N–H and O–H groups in total. The summed E-state index contributed by atoms with van der Waals surface area (Å²) in [6, 6.07) is 5.63. The fraction of sp³-hybridized carbons (Fsp3) is 0.308. The third kappa shape index (κ3) is 2.46. The molecule has 80 valence electrons. The third-order valence-electron chi connectivity index (χ3n) is 2.34. The molecule has 1 rings (SSSR count). The maximum absolute atomic E-state index is 11.5. The lowest BCUT2D eigenvalue weighted by Gasteiger charge is -2.11. The quantitative estimate of drug-likeness (QED) is 0.706. The van der Waals surface area contributed by atoms with Crippen LogP contribution in [0.4, 0.5) is 0 Å². The Bertz CT molecular complexity index is 378. The Morgan fingerprint density at radius 3 is 2.60 bits per heavy atom. The van der Waals surface area contributed by atoms with E-state index in [1.165, 1.54) is 7.11 Å². The molecular formula is C13H16O2. The molecule has 0 saturated heterocycles. The topological polar surface area (TPSA) is 26.3 Å². The van der Waals surface area contributed by atoms with Crippen molar-refractivity contribution in [3.05, 3.63) is 41.5 Å². The second-order valence-electron chi connectivity index (χ2n) is 3.70. The van der Waals surface area contributed by atoms with Gasteiger partial charge in [0.2, 0.25) is 0 Å². The number of methoxy groups -OCH3 is 1. The summed E-state index contributed by atoms with van der Waals surface area (Å²) in [5, 5.41) is 0. The Balaban J connectivity index is 3.26. The minimum absolute atomic E-state index is 0.283. The van der Waals surface area contributed by atoms with E-state index < -0.39 is 0 Å². The fourth-order valence-electron chi connectivity index (χ4n) is 1.48. The molecule has 15 heavy (non-hydrogen) atoms. The molecule has 1 aromatic carbocycles. The first-order valence-electron chi connectivity index (χ1n) is 4.94. The van der Waals surface area contributed by atoms with Crippen LogP contribution in [0.5, 0.6) is 0 Å². The van der Waals surface area contributed by atoms with E-state index in [1.54, 1.807) is 12.1 Å². The van der Waals surface area contributed by atoms with Crippen LogP contribution in [-0.2, 0) is 4.74 Å². The number of carbonyl (C=O) groups excluding carboxylic acids is 1. The normalized spacial score (nSPS) is 10.1. The summed E-state index contributed by atoms with van der Waals surface area (Å²) in [4.78, 5) is 11.5. The van der Waals surface area contributed by atoms with Crippen LogP contribution in [-0.4, -0.2) is 13.1 Å². The van der Waals surface area contributed by atoms with Gasteiger partial charge in [0.25, 0.3) is 0 Å². The van der Waals surface area contributed by atoms with Crippen molar-refractivity contribution >= 4 is 12.0 Å². The van der Waals surface area contributed by atoms with Crippen LogP contribution in [0.3, 0.4) is 0 Å². The Labute approximate surface area is 90.6 Å². The van der Waals surface area contributed by atoms with E-state index in [9.17, 15) is 4.79 Å². The van der Waals surface area contributed by atoms with Gasteiger partial charge in [0.05, 0.1) is 12.7 Å². The van der Waals surface area contributed by atoms with Crippen molar-refractivity contribution in [1.29, 1.82) is 0 Å². The van der Waals surface area contributed by atoms with Gasteiger partial charge in [0.1, 0.15) is 0 Å². The van der Waals surface area contributed by atoms with Crippen LogP contribution < -0.4 is 0 Å². The maximum Gasteiger partial charge on any atom is 0.338 e. The number of hydrogen-bond acceptors (Lipinski definition) is 2. The van der Waals surface area contributed by atoms with Crippen LogP contribution >= 0.6 is 0 Å². The van der Waals surface area contributed by atoms with E-state index >= 15 is 0 Å². The third-order valence-corrected chi connectivity index (χ3v) is 2.34. The summed E-state index contributed by atoms with van der Waals surface area (Å²) in [6.07, 6.45) is 1.77. The van der Waals surface area contributed by atoms with Crippen molar-refractivity contribution < 1.29 is 9.53 Å². The van der Waals surface area contributed by atoms with Gasteiger partial charge in [-0.15, -0.1) is 0 Å². The van der Waals surface area contributed by atoms with Gasteiger partial charge in [-0.25, -0.2) is 4.79 Å². The number of hydrogen-bond donors (Lipinski definition) is 0. The minimum atomic E-state index is -0.283. The number of benzene rings is 1. The van der Waals surface area contributed by atoms with Gasteiger partial charge in [-0.2, -0.15) is 0 Å². The van der Waals surface area contributed by atoms with E-state index in [0.717, 1.165) is 11.1 Å². The van der Waals surface area contributed by atoms with E-state index in [-0.39, 0.29) is 5.97 Å². The molecule has 0 spiro atoms. The molecule has 2 nitrogen and oxygen atoms in total. The lowest BCUT2D eigenvalue weighted by molar-refractivity contribution is 0.0599. The summed E-state index contributed by atoms with van der Waals surface area (Å²) in [7, 11) is 1.40. The summed E-state index contributed by atoms with van der Waals surface area (Å²) in [6.45, 7) is 7.81. The van der Waals surface area contributed by atoms with Gasteiger partial charge in [-0.3, -0.25) is 0 Å². The number of ether oxygens (including phenoxy) is 1. The molecule has 0 aromatic heterocycles. The van der Waals surface area contributed by atoms with E-state index in [2.05, 4.69) is 20.4 Å². The average molecular weight is 204 g/mol. The zero-order valence-electron chi connectivity index (χ0n) is 9.41. The molecule has 0 aliphatic carbocycles. The van der Waals surface area contributed by atoms with Gasteiger partial charge in [-0.05, 0) is 23.1 Å². The standard InChI is InChI=1S/C13H16O2/c1-5-10-6-7-11(13(14)15-4)12(8-10)9(2)3/h5-9H,1H2,2-4H3. The molecule has 0 saturated carbocycles. The van der Waals surface area contributed by atoms with Gasteiger partial charge in [0.15, 0.2) is 0 Å². The second-order valence-corrected chi connectivity index (χ2v) is 3.70. The molecule has 2 heteroatoms. The number of esters is 1. The number of rotatable bonds is 3. The Kier molecular flexibility index (Phi) is 3.67. The van der Waals surface area contributed by atoms with Crippen LogP contribution in [0.25, 0.3) is 6.08 Å². The van der Waals surface area contributed by atoms with Crippen molar-refractivity contribution in [2.45, 2.75) is 19.8 Å².